The number of rotatable bonds is 12. The molecule has 0 aliphatic carbocycles. The number of halogens is 1. The molecule has 0 spiro atoms. The second kappa shape index (κ2) is 30.1. The molecule has 0 fully saturated rings. The largest absolute Gasteiger partial charge is 0.750 e. The van der Waals surface area contributed by atoms with Gasteiger partial charge < -0.3 is 9.11 Å². The molecule has 1 unspecified atom stereocenters. The van der Waals surface area contributed by atoms with Crippen molar-refractivity contribution < 1.29 is 13.3 Å². The minimum Gasteiger partial charge on any atom is -0.750 e. The van der Waals surface area contributed by atoms with Crippen LogP contribution in [0.4, 0.5) is 0 Å². The van der Waals surface area contributed by atoms with Gasteiger partial charge in [-0.25, -0.2) is 4.21 Å². The van der Waals surface area contributed by atoms with Gasteiger partial charge in [-0.05, 0) is 37.0 Å². The Bertz CT molecular complexity index is 200. The van der Waals surface area contributed by atoms with Crippen molar-refractivity contribution in [1.82, 2.24) is 0 Å². The molecule has 0 aromatic heterocycles. The van der Waals surface area contributed by atoms with Gasteiger partial charge in [0.2, 0.25) is 0 Å². The Morgan fingerprint density at radius 1 is 0.640 bits per heavy atom. The lowest BCUT2D eigenvalue weighted by molar-refractivity contribution is 0.436. The van der Waals surface area contributed by atoms with Crippen LogP contribution in [0.1, 0.15) is 80.1 Å². The average molecular weight is 482 g/mol. The Hall–Kier alpha value is 1.41. The van der Waals surface area contributed by atoms with E-state index in [0.29, 0.717) is 15.8 Å². The van der Waals surface area contributed by atoms with Crippen LogP contribution in [0.2, 0.25) is 0 Å². The smallest absolute Gasteiger partial charge is 0.0814 e. The van der Waals surface area contributed by atoms with Crippen molar-refractivity contribution in [2.75, 3.05) is 37.0 Å². The highest BCUT2D eigenvalue weighted by molar-refractivity contribution is 8.93. The molecule has 0 aromatic carbocycles. The molecule has 3 nitrogen and oxygen atoms in total. The molecule has 0 radical (unpaired) electrons. The summed E-state index contributed by atoms with van der Waals surface area (Å²) in [5, 5.41) is 0. The maximum atomic E-state index is 8.56. The third-order valence-electron chi connectivity index (χ3n) is 3.24. The van der Waals surface area contributed by atoms with E-state index >= 15 is 0 Å². The highest BCUT2D eigenvalue weighted by atomic mass is 79.9. The van der Waals surface area contributed by atoms with Crippen molar-refractivity contribution in [3.63, 3.8) is 0 Å². The molecule has 7 heteroatoms. The predicted octanol–water partition coefficient (Wildman–Crippen LogP) is 7.31. The van der Waals surface area contributed by atoms with Crippen LogP contribution in [-0.2, 0) is 11.4 Å². The molecule has 0 aliphatic rings. The standard InChI is InChI=1S/2C9H21P.BrH.H2O3S/c2*1-4-7-10(8-5-2)9-6-3;;1-4(2)3/h2*4-9H2,1-3H3;1H;(H2,1,2,3)/p-1. The quantitative estimate of drug-likeness (QED) is 0.234. The highest BCUT2D eigenvalue weighted by Crippen LogP contribution is 2.37. The maximum absolute atomic E-state index is 8.56. The van der Waals surface area contributed by atoms with Gasteiger partial charge in [0.15, 0.2) is 0 Å². The Balaban J connectivity index is -0.000000141. The zero-order chi connectivity index (χ0) is 19.2. The van der Waals surface area contributed by atoms with Gasteiger partial charge in [-0.3, -0.25) is 0 Å². The zero-order valence-corrected chi connectivity index (χ0v) is 21.8. The average Bonchev–Trinajstić information content (AvgIpc) is 2.49. The van der Waals surface area contributed by atoms with Crippen LogP contribution in [-0.4, -0.2) is 50.3 Å². The first-order chi connectivity index (χ1) is 11.4. The van der Waals surface area contributed by atoms with Crippen LogP contribution in [0.3, 0.4) is 0 Å². The molecule has 0 rings (SSSR count). The van der Waals surface area contributed by atoms with Gasteiger partial charge in [-0.15, -0.1) is 32.8 Å². The SMILES string of the molecule is Br.CCCP(CCC)CCC.CCCP(CCC)CCC.O=S([O-])O. The van der Waals surface area contributed by atoms with E-state index in [1.165, 1.54) is 75.5 Å². The minimum atomic E-state index is -2.86. The van der Waals surface area contributed by atoms with Gasteiger partial charge in [0, 0.05) is 0 Å². The van der Waals surface area contributed by atoms with Gasteiger partial charge in [-0.2, -0.15) is 0 Å². The van der Waals surface area contributed by atoms with E-state index in [4.69, 9.17) is 13.3 Å². The second-order valence-corrected chi connectivity index (χ2v) is 11.7. The number of hydrogen-bond donors (Lipinski definition) is 1. The monoisotopic (exact) mass is 481 g/mol. The van der Waals surface area contributed by atoms with Gasteiger partial charge in [-0.1, -0.05) is 80.1 Å². The molecular formula is C18H44BrO3P2S-. The Morgan fingerprint density at radius 2 is 0.760 bits per heavy atom. The first kappa shape index (κ1) is 34.0. The van der Waals surface area contributed by atoms with Crippen molar-refractivity contribution in [3.05, 3.63) is 0 Å². The molecule has 0 saturated carbocycles. The van der Waals surface area contributed by atoms with E-state index < -0.39 is 11.4 Å². The molecular weight excluding hydrogens is 438 g/mol. The summed E-state index contributed by atoms with van der Waals surface area (Å²) in [4.78, 5) is 0. The fourth-order valence-electron chi connectivity index (χ4n) is 2.57. The van der Waals surface area contributed by atoms with Crippen LogP contribution < -0.4 is 0 Å². The molecule has 0 bridgehead atoms. The molecule has 0 aromatic rings. The van der Waals surface area contributed by atoms with E-state index in [2.05, 4.69) is 41.5 Å². The van der Waals surface area contributed by atoms with Crippen LogP contribution in [0.5, 0.6) is 0 Å². The summed E-state index contributed by atoms with van der Waals surface area (Å²) in [5.41, 5.74) is 0. The van der Waals surface area contributed by atoms with Gasteiger partial charge in [0.25, 0.3) is 0 Å². The first-order valence-electron chi connectivity index (χ1n) is 9.66. The summed E-state index contributed by atoms with van der Waals surface area (Å²) in [6.07, 6.45) is 17.4. The lowest BCUT2D eigenvalue weighted by Gasteiger charge is -2.13. The van der Waals surface area contributed by atoms with Crippen molar-refractivity contribution in [1.29, 1.82) is 0 Å². The van der Waals surface area contributed by atoms with E-state index in [-0.39, 0.29) is 17.0 Å². The summed E-state index contributed by atoms with van der Waals surface area (Å²) in [5.74, 6) is 0. The van der Waals surface area contributed by atoms with Gasteiger partial charge >= 0.3 is 0 Å². The van der Waals surface area contributed by atoms with E-state index in [0.717, 1.165) is 0 Å². The topological polar surface area (TPSA) is 60.4 Å². The molecule has 25 heavy (non-hydrogen) atoms. The molecule has 1 atom stereocenters. The summed E-state index contributed by atoms with van der Waals surface area (Å²) in [6.45, 7) is 13.8. The lowest BCUT2D eigenvalue weighted by atomic mass is 10.6. The molecule has 0 heterocycles. The van der Waals surface area contributed by atoms with Crippen molar-refractivity contribution >= 4 is 44.2 Å². The summed E-state index contributed by atoms with van der Waals surface area (Å²) >= 11 is -2.86. The van der Waals surface area contributed by atoms with Crippen LogP contribution in [0.15, 0.2) is 0 Å². The predicted molar refractivity (Wildman–Crippen MR) is 127 cm³/mol. The minimum absolute atomic E-state index is 0. The third-order valence-corrected chi connectivity index (χ3v) is 9.72. The molecule has 0 saturated heterocycles. The van der Waals surface area contributed by atoms with Crippen LogP contribution in [0.25, 0.3) is 0 Å². The van der Waals surface area contributed by atoms with Crippen molar-refractivity contribution in [2.24, 2.45) is 0 Å². The highest BCUT2D eigenvalue weighted by Gasteiger charge is 2.03. The van der Waals surface area contributed by atoms with Crippen LogP contribution in [0, 0.1) is 0 Å². The third kappa shape index (κ3) is 37.0. The van der Waals surface area contributed by atoms with Gasteiger partial charge in [0.05, 0.1) is 11.4 Å². The van der Waals surface area contributed by atoms with Crippen LogP contribution >= 0.6 is 32.8 Å². The van der Waals surface area contributed by atoms with Crippen molar-refractivity contribution in [2.45, 2.75) is 80.1 Å². The van der Waals surface area contributed by atoms with Crippen molar-refractivity contribution in [3.8, 4) is 0 Å². The van der Waals surface area contributed by atoms with E-state index in [9.17, 15) is 0 Å². The van der Waals surface area contributed by atoms with Gasteiger partial charge in [0.1, 0.15) is 0 Å². The number of hydrogen-bond acceptors (Lipinski definition) is 2. The Labute approximate surface area is 174 Å². The zero-order valence-electron chi connectivity index (χ0n) is 17.5. The van der Waals surface area contributed by atoms with E-state index in [1.54, 1.807) is 0 Å². The Kier molecular flexibility index (Phi) is 40.9. The molecule has 158 valence electrons. The summed E-state index contributed by atoms with van der Waals surface area (Å²) in [7, 11) is 0.878. The fraction of sp³-hybridized carbons (Fsp3) is 1.00. The molecule has 1 N–H and O–H groups in total. The normalized spacial score (nSPS) is 11.1. The fourth-order valence-corrected chi connectivity index (χ4v) is 7.70. The Morgan fingerprint density at radius 3 is 0.840 bits per heavy atom. The first-order valence-corrected chi connectivity index (χ1v) is 14.5. The lowest BCUT2D eigenvalue weighted by Crippen LogP contribution is -1.92. The summed E-state index contributed by atoms with van der Waals surface area (Å²) < 4.78 is 24.1. The molecule has 0 aliphatic heterocycles. The maximum Gasteiger partial charge on any atom is 0.0814 e. The van der Waals surface area contributed by atoms with E-state index in [1.807, 2.05) is 0 Å². The second-order valence-electron chi connectivity index (χ2n) is 5.90. The molecule has 0 amide bonds. The summed E-state index contributed by atoms with van der Waals surface area (Å²) in [6, 6.07) is 0.